The van der Waals surface area contributed by atoms with Gasteiger partial charge in [-0.25, -0.2) is 4.98 Å². The van der Waals surface area contributed by atoms with Crippen LogP contribution in [0.2, 0.25) is 0 Å². The quantitative estimate of drug-likeness (QED) is 0.906. The van der Waals surface area contributed by atoms with Crippen molar-refractivity contribution in [2.45, 2.75) is 32.6 Å². The molecule has 0 amide bonds. The first-order valence-corrected chi connectivity index (χ1v) is 8.05. The molecule has 6 heteroatoms. The van der Waals surface area contributed by atoms with Gasteiger partial charge in [-0.15, -0.1) is 0 Å². The summed E-state index contributed by atoms with van der Waals surface area (Å²) in [5.41, 5.74) is 2.91. The first-order valence-electron chi connectivity index (χ1n) is 8.05. The monoisotopic (exact) mass is 317 g/mol. The van der Waals surface area contributed by atoms with E-state index in [2.05, 4.69) is 23.7 Å². The van der Waals surface area contributed by atoms with Gasteiger partial charge in [-0.1, -0.05) is 13.8 Å². The summed E-state index contributed by atoms with van der Waals surface area (Å²) in [6.07, 6.45) is 1.32. The van der Waals surface area contributed by atoms with Crippen LogP contribution < -0.4 is 9.64 Å². The zero-order valence-electron chi connectivity index (χ0n) is 13.8. The molecule has 2 N–H and O–H groups in total. The minimum Gasteiger partial charge on any atom is -0.497 e. The zero-order valence-corrected chi connectivity index (χ0v) is 13.8. The average molecular weight is 317 g/mol. The fraction of sp³-hybridized carbons (Fsp3) is 0.529. The number of aromatic amines is 1. The van der Waals surface area contributed by atoms with Crippen molar-refractivity contribution in [2.75, 3.05) is 25.1 Å². The Balaban J connectivity index is 1.97. The molecule has 0 saturated carbocycles. The van der Waals surface area contributed by atoms with E-state index in [0.29, 0.717) is 18.8 Å². The van der Waals surface area contributed by atoms with E-state index in [1.54, 1.807) is 7.11 Å². The number of hydrogen-bond donors (Lipinski definition) is 2. The number of carbonyl (C=O) groups is 1. The molecule has 1 aromatic heterocycles. The lowest BCUT2D eigenvalue weighted by molar-refractivity contribution is -0.142. The van der Waals surface area contributed by atoms with Crippen LogP contribution in [0.4, 0.5) is 5.69 Å². The summed E-state index contributed by atoms with van der Waals surface area (Å²) in [4.78, 5) is 21.5. The summed E-state index contributed by atoms with van der Waals surface area (Å²) in [7, 11) is 1.65. The number of rotatable bonds is 4. The molecule has 1 saturated heterocycles. The maximum Gasteiger partial charge on any atom is 0.306 e. The van der Waals surface area contributed by atoms with Gasteiger partial charge >= 0.3 is 5.97 Å². The molecule has 1 aromatic carbocycles. The summed E-state index contributed by atoms with van der Waals surface area (Å²) < 4.78 is 5.41. The summed E-state index contributed by atoms with van der Waals surface area (Å²) in [6.45, 7) is 5.66. The Labute approximate surface area is 135 Å². The lowest BCUT2D eigenvalue weighted by Crippen LogP contribution is -2.36. The molecule has 23 heavy (non-hydrogen) atoms. The Bertz CT molecular complexity index is 715. The molecule has 3 rings (SSSR count). The standard InChI is InChI=1S/C17H23N3O3/c1-10(2)16-18-13-8-12(23-3)9-14(15(13)19-16)20-6-4-11(5-7-20)17(21)22/h8-11H,4-7H2,1-3H3,(H,18,19)(H,21,22). The van der Waals surface area contributed by atoms with E-state index in [1.165, 1.54) is 0 Å². The highest BCUT2D eigenvalue weighted by Gasteiger charge is 2.26. The number of piperidine rings is 1. The number of H-pyrrole nitrogens is 1. The minimum atomic E-state index is -0.692. The van der Waals surface area contributed by atoms with E-state index in [4.69, 9.17) is 14.8 Å². The Hall–Kier alpha value is -2.24. The van der Waals surface area contributed by atoms with Gasteiger partial charge in [-0.2, -0.15) is 0 Å². The van der Waals surface area contributed by atoms with Crippen molar-refractivity contribution in [3.8, 4) is 5.75 Å². The normalized spacial score (nSPS) is 16.3. The molecule has 2 heterocycles. The van der Waals surface area contributed by atoms with E-state index in [9.17, 15) is 4.79 Å². The molecule has 0 bridgehead atoms. The lowest BCUT2D eigenvalue weighted by atomic mass is 9.96. The van der Waals surface area contributed by atoms with Crippen molar-refractivity contribution >= 4 is 22.7 Å². The van der Waals surface area contributed by atoms with E-state index in [0.717, 1.165) is 41.4 Å². The van der Waals surface area contributed by atoms with Crippen molar-refractivity contribution in [1.82, 2.24) is 9.97 Å². The van der Waals surface area contributed by atoms with Gasteiger partial charge in [-0.3, -0.25) is 4.79 Å². The van der Waals surface area contributed by atoms with Gasteiger partial charge in [0.05, 0.1) is 24.2 Å². The molecular weight excluding hydrogens is 294 g/mol. The topological polar surface area (TPSA) is 78.4 Å². The molecule has 1 aliphatic rings. The van der Waals surface area contributed by atoms with Crippen LogP contribution in [0.15, 0.2) is 12.1 Å². The van der Waals surface area contributed by atoms with Crippen molar-refractivity contribution in [1.29, 1.82) is 0 Å². The third kappa shape index (κ3) is 2.98. The smallest absolute Gasteiger partial charge is 0.306 e. The third-order valence-corrected chi connectivity index (χ3v) is 4.53. The number of ether oxygens (including phenoxy) is 1. The summed E-state index contributed by atoms with van der Waals surface area (Å²) in [5, 5.41) is 9.16. The zero-order chi connectivity index (χ0) is 16.6. The van der Waals surface area contributed by atoms with Gasteiger partial charge in [0.1, 0.15) is 17.1 Å². The van der Waals surface area contributed by atoms with E-state index < -0.39 is 5.97 Å². The van der Waals surface area contributed by atoms with Gasteiger partial charge in [0.25, 0.3) is 0 Å². The Morgan fingerprint density at radius 1 is 1.39 bits per heavy atom. The van der Waals surface area contributed by atoms with Gasteiger partial charge in [-0.05, 0) is 12.8 Å². The first kappa shape index (κ1) is 15.6. The average Bonchev–Trinajstić information content (AvgIpc) is 2.98. The highest BCUT2D eigenvalue weighted by molar-refractivity contribution is 5.91. The maximum absolute atomic E-state index is 11.1. The number of aliphatic carboxylic acids is 1. The molecule has 2 aromatic rings. The summed E-state index contributed by atoms with van der Waals surface area (Å²) >= 11 is 0. The highest BCUT2D eigenvalue weighted by Crippen LogP contribution is 2.34. The Morgan fingerprint density at radius 3 is 2.65 bits per heavy atom. The molecular formula is C17H23N3O3. The van der Waals surface area contributed by atoms with Crippen LogP contribution in [-0.4, -0.2) is 41.2 Å². The SMILES string of the molecule is COc1cc(N2CCC(C(=O)O)CC2)c2nc(C(C)C)[nH]c2c1. The second-order valence-electron chi connectivity index (χ2n) is 6.42. The largest absolute Gasteiger partial charge is 0.497 e. The van der Waals surface area contributed by atoms with Crippen LogP contribution >= 0.6 is 0 Å². The number of fused-ring (bicyclic) bond motifs is 1. The van der Waals surface area contributed by atoms with Crippen LogP contribution in [0.3, 0.4) is 0 Å². The van der Waals surface area contributed by atoms with E-state index >= 15 is 0 Å². The van der Waals surface area contributed by atoms with E-state index in [1.807, 2.05) is 12.1 Å². The van der Waals surface area contributed by atoms with Gasteiger partial charge in [0.15, 0.2) is 0 Å². The van der Waals surface area contributed by atoms with Crippen LogP contribution in [0.5, 0.6) is 5.75 Å². The van der Waals surface area contributed by atoms with Crippen LogP contribution in [0, 0.1) is 5.92 Å². The van der Waals surface area contributed by atoms with Crippen molar-refractivity contribution in [3.63, 3.8) is 0 Å². The fourth-order valence-electron chi connectivity index (χ4n) is 3.09. The molecule has 124 valence electrons. The molecule has 1 aliphatic heterocycles. The van der Waals surface area contributed by atoms with Crippen LogP contribution in [0.1, 0.15) is 38.4 Å². The van der Waals surface area contributed by atoms with Gasteiger partial charge < -0.3 is 19.7 Å². The predicted molar refractivity (Wildman–Crippen MR) is 89.3 cm³/mol. The minimum absolute atomic E-state index is 0.238. The molecule has 0 radical (unpaired) electrons. The summed E-state index contributed by atoms with van der Waals surface area (Å²) in [6, 6.07) is 3.95. The first-order chi connectivity index (χ1) is 11.0. The fourth-order valence-corrected chi connectivity index (χ4v) is 3.09. The van der Waals surface area contributed by atoms with Gasteiger partial charge in [0, 0.05) is 31.1 Å². The number of carboxylic acids is 1. The van der Waals surface area contributed by atoms with Gasteiger partial charge in [0.2, 0.25) is 0 Å². The maximum atomic E-state index is 11.1. The number of hydrogen-bond acceptors (Lipinski definition) is 4. The number of aromatic nitrogens is 2. The number of benzene rings is 1. The molecule has 1 fully saturated rings. The second kappa shape index (κ2) is 6.10. The molecule has 0 unspecified atom stereocenters. The number of anilines is 1. The van der Waals surface area contributed by atoms with E-state index in [-0.39, 0.29) is 5.92 Å². The molecule has 0 aliphatic carbocycles. The van der Waals surface area contributed by atoms with Crippen LogP contribution in [-0.2, 0) is 4.79 Å². The number of nitrogens with one attached hydrogen (secondary N) is 1. The highest BCUT2D eigenvalue weighted by atomic mass is 16.5. The predicted octanol–water partition coefficient (Wildman–Crippen LogP) is 3.00. The number of carboxylic acid groups (broad SMARTS) is 1. The Kier molecular flexibility index (Phi) is 4.15. The van der Waals surface area contributed by atoms with Crippen LogP contribution in [0.25, 0.3) is 11.0 Å². The Morgan fingerprint density at radius 2 is 2.09 bits per heavy atom. The second-order valence-corrected chi connectivity index (χ2v) is 6.42. The molecule has 0 atom stereocenters. The van der Waals surface area contributed by atoms with Crippen molar-refractivity contribution in [2.24, 2.45) is 5.92 Å². The lowest BCUT2D eigenvalue weighted by Gasteiger charge is -2.32. The summed E-state index contributed by atoms with van der Waals surface area (Å²) in [5.74, 6) is 1.13. The molecule has 0 spiro atoms. The molecule has 6 nitrogen and oxygen atoms in total. The number of imidazole rings is 1. The third-order valence-electron chi connectivity index (χ3n) is 4.53. The number of nitrogens with zero attached hydrogens (tertiary/aromatic N) is 2. The van der Waals surface area contributed by atoms with Crippen molar-refractivity contribution in [3.05, 3.63) is 18.0 Å². The van der Waals surface area contributed by atoms with Crippen molar-refractivity contribution < 1.29 is 14.6 Å². The number of methoxy groups -OCH3 is 1.